The lowest BCUT2D eigenvalue weighted by Crippen LogP contribution is -2.54. The third-order valence-electron chi connectivity index (χ3n) is 2.96. The fourth-order valence-electron chi connectivity index (χ4n) is 2.29. The second-order valence-corrected chi connectivity index (χ2v) is 4.71. The predicted molar refractivity (Wildman–Crippen MR) is 65.5 cm³/mol. The van der Waals surface area contributed by atoms with Crippen LogP contribution in [0, 0.1) is 6.92 Å². The first kappa shape index (κ1) is 10.5. The zero-order valence-electron chi connectivity index (χ0n) is 9.83. The van der Waals surface area contributed by atoms with Crippen molar-refractivity contribution in [1.82, 2.24) is 5.32 Å². The standard InChI is InChI=1S/C13H20N2/c1-10-4-6-13(7-5-10)15-8-11(2)14-12(3)9-15/h4-7,11-12,14H,8-9H2,1-3H3/t11-,12-/m0/s1. The van der Waals surface area contributed by atoms with Crippen LogP contribution >= 0.6 is 0 Å². The molecule has 2 rings (SSSR count). The predicted octanol–water partition coefficient (Wildman–Crippen LogP) is 2.18. The maximum absolute atomic E-state index is 3.55. The van der Waals surface area contributed by atoms with Gasteiger partial charge < -0.3 is 10.2 Å². The fraction of sp³-hybridized carbons (Fsp3) is 0.538. The Morgan fingerprint density at radius 3 is 2.13 bits per heavy atom. The number of piperazine rings is 1. The number of nitrogens with zero attached hydrogens (tertiary/aromatic N) is 1. The Morgan fingerprint density at radius 2 is 1.60 bits per heavy atom. The molecule has 1 N–H and O–H groups in total. The van der Waals surface area contributed by atoms with Crippen LogP contribution in [0.2, 0.25) is 0 Å². The molecule has 1 saturated heterocycles. The first-order chi connectivity index (χ1) is 7.15. The maximum Gasteiger partial charge on any atom is 0.0367 e. The third kappa shape index (κ3) is 2.51. The molecular formula is C13H20N2. The van der Waals surface area contributed by atoms with Crippen molar-refractivity contribution in [2.75, 3.05) is 18.0 Å². The highest BCUT2D eigenvalue weighted by Gasteiger charge is 2.20. The fourth-order valence-corrected chi connectivity index (χ4v) is 2.29. The summed E-state index contributed by atoms with van der Waals surface area (Å²) in [4.78, 5) is 2.46. The Bertz CT molecular complexity index is 308. The molecule has 0 unspecified atom stereocenters. The van der Waals surface area contributed by atoms with Gasteiger partial charge >= 0.3 is 0 Å². The molecule has 0 saturated carbocycles. The topological polar surface area (TPSA) is 15.3 Å². The number of aryl methyl sites for hydroxylation is 1. The van der Waals surface area contributed by atoms with E-state index in [1.165, 1.54) is 11.3 Å². The van der Waals surface area contributed by atoms with E-state index < -0.39 is 0 Å². The zero-order valence-corrected chi connectivity index (χ0v) is 9.83. The summed E-state index contributed by atoms with van der Waals surface area (Å²) >= 11 is 0. The second-order valence-electron chi connectivity index (χ2n) is 4.71. The summed E-state index contributed by atoms with van der Waals surface area (Å²) in [5.41, 5.74) is 2.68. The summed E-state index contributed by atoms with van der Waals surface area (Å²) in [5, 5.41) is 3.55. The van der Waals surface area contributed by atoms with Crippen molar-refractivity contribution in [3.8, 4) is 0 Å². The number of anilines is 1. The van der Waals surface area contributed by atoms with Crippen LogP contribution in [0.3, 0.4) is 0 Å². The van der Waals surface area contributed by atoms with Gasteiger partial charge in [0.25, 0.3) is 0 Å². The average molecular weight is 204 g/mol. The molecule has 0 amide bonds. The second kappa shape index (κ2) is 4.23. The summed E-state index contributed by atoms with van der Waals surface area (Å²) in [6, 6.07) is 9.98. The highest BCUT2D eigenvalue weighted by Crippen LogP contribution is 2.18. The number of nitrogens with one attached hydrogen (secondary N) is 1. The van der Waals surface area contributed by atoms with E-state index in [0.29, 0.717) is 12.1 Å². The van der Waals surface area contributed by atoms with Gasteiger partial charge in [0.1, 0.15) is 0 Å². The van der Waals surface area contributed by atoms with Crippen LogP contribution in [0.5, 0.6) is 0 Å². The van der Waals surface area contributed by atoms with Gasteiger partial charge in [-0.05, 0) is 32.9 Å². The van der Waals surface area contributed by atoms with Crippen LogP contribution in [0.4, 0.5) is 5.69 Å². The van der Waals surface area contributed by atoms with E-state index in [0.717, 1.165) is 13.1 Å². The van der Waals surface area contributed by atoms with Crippen molar-refractivity contribution >= 4 is 5.69 Å². The lowest BCUT2D eigenvalue weighted by atomic mass is 10.1. The van der Waals surface area contributed by atoms with E-state index >= 15 is 0 Å². The molecule has 1 aromatic rings. The quantitative estimate of drug-likeness (QED) is 0.754. The Labute approximate surface area is 92.3 Å². The molecule has 1 aliphatic rings. The molecule has 1 fully saturated rings. The lowest BCUT2D eigenvalue weighted by Gasteiger charge is -2.37. The molecular weight excluding hydrogens is 184 g/mol. The molecule has 2 nitrogen and oxygen atoms in total. The van der Waals surface area contributed by atoms with Gasteiger partial charge in [0.2, 0.25) is 0 Å². The molecule has 2 atom stereocenters. The summed E-state index contributed by atoms with van der Waals surface area (Å²) in [5.74, 6) is 0. The van der Waals surface area contributed by atoms with E-state index in [1.807, 2.05) is 0 Å². The number of hydrogen-bond donors (Lipinski definition) is 1. The Hall–Kier alpha value is -1.02. The van der Waals surface area contributed by atoms with Gasteiger partial charge in [-0.15, -0.1) is 0 Å². The Kier molecular flexibility index (Phi) is 2.96. The monoisotopic (exact) mass is 204 g/mol. The minimum Gasteiger partial charge on any atom is -0.368 e. The van der Waals surface area contributed by atoms with Crippen LogP contribution in [0.1, 0.15) is 19.4 Å². The van der Waals surface area contributed by atoms with Crippen molar-refractivity contribution in [3.63, 3.8) is 0 Å². The lowest BCUT2D eigenvalue weighted by molar-refractivity contribution is 0.407. The van der Waals surface area contributed by atoms with Gasteiger partial charge in [-0.25, -0.2) is 0 Å². The van der Waals surface area contributed by atoms with Crippen LogP contribution in [0.15, 0.2) is 24.3 Å². The van der Waals surface area contributed by atoms with Gasteiger partial charge in [0.15, 0.2) is 0 Å². The largest absolute Gasteiger partial charge is 0.368 e. The molecule has 1 heterocycles. The number of hydrogen-bond acceptors (Lipinski definition) is 2. The zero-order chi connectivity index (χ0) is 10.8. The number of rotatable bonds is 1. The normalized spacial score (nSPS) is 26.7. The summed E-state index contributed by atoms with van der Waals surface area (Å²) in [6.07, 6.45) is 0. The maximum atomic E-state index is 3.55. The summed E-state index contributed by atoms with van der Waals surface area (Å²) < 4.78 is 0. The molecule has 1 aromatic carbocycles. The van der Waals surface area contributed by atoms with Crippen molar-refractivity contribution in [1.29, 1.82) is 0 Å². The van der Waals surface area contributed by atoms with Gasteiger partial charge in [0, 0.05) is 30.9 Å². The molecule has 0 aromatic heterocycles. The molecule has 1 aliphatic heterocycles. The van der Waals surface area contributed by atoms with Gasteiger partial charge in [-0.2, -0.15) is 0 Å². The first-order valence-corrected chi connectivity index (χ1v) is 5.73. The van der Waals surface area contributed by atoms with Crippen molar-refractivity contribution in [3.05, 3.63) is 29.8 Å². The molecule has 15 heavy (non-hydrogen) atoms. The molecule has 0 aliphatic carbocycles. The highest BCUT2D eigenvalue weighted by molar-refractivity contribution is 5.48. The van der Waals surface area contributed by atoms with Crippen LogP contribution < -0.4 is 10.2 Å². The van der Waals surface area contributed by atoms with Crippen molar-refractivity contribution in [2.24, 2.45) is 0 Å². The molecule has 0 bridgehead atoms. The molecule has 82 valence electrons. The van der Waals surface area contributed by atoms with E-state index in [4.69, 9.17) is 0 Å². The van der Waals surface area contributed by atoms with Crippen molar-refractivity contribution < 1.29 is 0 Å². The van der Waals surface area contributed by atoms with Gasteiger partial charge in [0.05, 0.1) is 0 Å². The minimum absolute atomic E-state index is 0.579. The average Bonchev–Trinajstić information content (AvgIpc) is 2.17. The molecule has 0 radical (unpaired) electrons. The smallest absolute Gasteiger partial charge is 0.0367 e. The minimum atomic E-state index is 0.579. The highest BCUT2D eigenvalue weighted by atomic mass is 15.2. The van der Waals surface area contributed by atoms with Crippen LogP contribution in [0.25, 0.3) is 0 Å². The summed E-state index contributed by atoms with van der Waals surface area (Å²) in [6.45, 7) is 8.83. The van der Waals surface area contributed by atoms with E-state index in [-0.39, 0.29) is 0 Å². The SMILES string of the molecule is Cc1ccc(N2C[C@H](C)N[C@@H](C)C2)cc1. The van der Waals surface area contributed by atoms with Gasteiger partial charge in [-0.1, -0.05) is 17.7 Å². The number of benzene rings is 1. The van der Waals surface area contributed by atoms with Crippen LogP contribution in [-0.2, 0) is 0 Å². The van der Waals surface area contributed by atoms with E-state index in [9.17, 15) is 0 Å². The van der Waals surface area contributed by atoms with E-state index in [2.05, 4.69) is 55.3 Å². The third-order valence-corrected chi connectivity index (χ3v) is 2.96. The Morgan fingerprint density at radius 1 is 1.07 bits per heavy atom. The first-order valence-electron chi connectivity index (χ1n) is 5.73. The van der Waals surface area contributed by atoms with Crippen LogP contribution in [-0.4, -0.2) is 25.2 Å². The Balaban J connectivity index is 2.12. The van der Waals surface area contributed by atoms with Gasteiger partial charge in [-0.3, -0.25) is 0 Å². The van der Waals surface area contributed by atoms with E-state index in [1.54, 1.807) is 0 Å². The summed E-state index contributed by atoms with van der Waals surface area (Å²) in [7, 11) is 0. The molecule has 2 heteroatoms. The van der Waals surface area contributed by atoms with Crippen molar-refractivity contribution in [2.45, 2.75) is 32.9 Å². The molecule has 0 spiro atoms.